The summed E-state index contributed by atoms with van der Waals surface area (Å²) in [6, 6.07) is 9.11. The second-order valence-corrected chi connectivity index (χ2v) is 5.37. The smallest absolute Gasteiger partial charge is 0.407 e. The molecule has 1 rings (SSSR count). The van der Waals surface area contributed by atoms with Crippen molar-refractivity contribution >= 4 is 22.4 Å². The fourth-order valence-corrected chi connectivity index (χ4v) is 1.76. The van der Waals surface area contributed by atoms with Crippen LogP contribution >= 0.6 is 0 Å². The van der Waals surface area contributed by atoms with Crippen molar-refractivity contribution < 1.29 is 31.5 Å². The molecule has 0 aromatic heterocycles. The Kier molecular flexibility index (Phi) is 8.02. The van der Waals surface area contributed by atoms with Crippen LogP contribution in [0.2, 0.25) is 0 Å². The molecule has 2 amide bonds. The van der Waals surface area contributed by atoms with E-state index in [0.717, 1.165) is 5.56 Å². The monoisotopic (exact) mass is 345 g/mol. The molecule has 9 nitrogen and oxygen atoms in total. The van der Waals surface area contributed by atoms with E-state index in [1.165, 1.54) is 0 Å². The number of rotatable bonds is 9. The molecule has 1 aromatic carbocycles. The number of nitrogens with one attached hydrogen (secondary N) is 2. The highest BCUT2D eigenvalue weighted by Crippen LogP contribution is 2.00. The lowest BCUT2D eigenvalue weighted by Crippen LogP contribution is -2.32. The van der Waals surface area contributed by atoms with Gasteiger partial charge in [-0.1, -0.05) is 30.3 Å². The summed E-state index contributed by atoms with van der Waals surface area (Å²) >= 11 is 0. The summed E-state index contributed by atoms with van der Waals surface area (Å²) in [5, 5.41) is 4.73. The molecule has 10 heteroatoms. The Bertz CT molecular complexity index is 604. The quantitative estimate of drug-likeness (QED) is 0.362. The van der Waals surface area contributed by atoms with E-state index in [4.69, 9.17) is 4.74 Å². The Morgan fingerprint density at radius 1 is 1.09 bits per heavy atom. The second-order valence-electron chi connectivity index (χ2n) is 4.32. The summed E-state index contributed by atoms with van der Waals surface area (Å²) in [5.74, 6) is -0.430. The Labute approximate surface area is 133 Å². The third-order valence-electron chi connectivity index (χ3n) is 2.49. The van der Waals surface area contributed by atoms with Crippen molar-refractivity contribution in [2.24, 2.45) is 0 Å². The van der Waals surface area contributed by atoms with Gasteiger partial charge >= 0.3 is 6.09 Å². The van der Waals surface area contributed by atoms with Crippen LogP contribution in [0.5, 0.6) is 0 Å². The van der Waals surface area contributed by atoms with Crippen LogP contribution in [0.3, 0.4) is 0 Å². The Morgan fingerprint density at radius 3 is 2.43 bits per heavy atom. The van der Waals surface area contributed by atoms with Crippen molar-refractivity contribution in [2.45, 2.75) is 13.0 Å². The third-order valence-corrected chi connectivity index (χ3v) is 2.94. The van der Waals surface area contributed by atoms with Crippen molar-refractivity contribution in [3.8, 4) is 0 Å². The van der Waals surface area contributed by atoms with Crippen LogP contribution in [0.4, 0.5) is 4.79 Å². The normalized spacial score (nSPS) is 10.8. The Morgan fingerprint density at radius 2 is 1.78 bits per heavy atom. The largest absolute Gasteiger partial charge is 0.726 e. The minimum Gasteiger partial charge on any atom is -0.726 e. The first-order valence-corrected chi connectivity index (χ1v) is 8.01. The van der Waals surface area contributed by atoms with Crippen LogP contribution in [0.1, 0.15) is 12.0 Å². The van der Waals surface area contributed by atoms with E-state index in [1.54, 1.807) is 0 Å². The molecule has 0 aliphatic heterocycles. The van der Waals surface area contributed by atoms with Gasteiger partial charge in [0.05, 0.1) is 6.61 Å². The second kappa shape index (κ2) is 9.77. The zero-order valence-corrected chi connectivity index (χ0v) is 13.0. The van der Waals surface area contributed by atoms with Crippen LogP contribution in [0.25, 0.3) is 0 Å². The van der Waals surface area contributed by atoms with Crippen LogP contribution < -0.4 is 10.6 Å². The van der Waals surface area contributed by atoms with Crippen LogP contribution in [0, 0.1) is 0 Å². The van der Waals surface area contributed by atoms with Crippen LogP contribution in [0.15, 0.2) is 30.3 Å². The molecule has 0 fully saturated rings. The number of amides is 2. The van der Waals surface area contributed by atoms with Gasteiger partial charge in [-0.25, -0.2) is 13.2 Å². The molecule has 0 saturated carbocycles. The maximum atomic E-state index is 11.4. The Hall–Kier alpha value is -2.17. The van der Waals surface area contributed by atoms with Crippen LogP contribution in [-0.4, -0.2) is 44.7 Å². The predicted octanol–water partition coefficient (Wildman–Crippen LogP) is -0.104. The van der Waals surface area contributed by atoms with Crippen molar-refractivity contribution in [1.82, 2.24) is 10.6 Å². The molecule has 0 heterocycles. The molecular weight excluding hydrogens is 328 g/mol. The summed E-state index contributed by atoms with van der Waals surface area (Å²) in [6.07, 6.45) is -0.674. The molecule has 128 valence electrons. The maximum Gasteiger partial charge on any atom is 0.407 e. The van der Waals surface area contributed by atoms with Crippen LogP contribution in [-0.2, 0) is 30.7 Å². The molecule has 0 aliphatic rings. The van der Waals surface area contributed by atoms with E-state index in [0.29, 0.717) is 0 Å². The fourth-order valence-electron chi connectivity index (χ4n) is 1.47. The highest BCUT2D eigenvalue weighted by molar-refractivity contribution is 7.80. The molecule has 0 atom stereocenters. The standard InChI is InChI=1S/C13H18N2O7S/c16-12(14-8-9-22-23(18,19)20)6-7-15-13(17)21-10-11-4-2-1-3-5-11/h1-5H,6-10H2,(H,14,16)(H,15,17)(H,18,19,20)/p-1. The van der Waals surface area contributed by atoms with Gasteiger partial charge in [0.1, 0.15) is 6.61 Å². The summed E-state index contributed by atoms with van der Waals surface area (Å²) in [7, 11) is -4.75. The van der Waals surface area contributed by atoms with E-state index < -0.39 is 29.0 Å². The molecule has 2 N–H and O–H groups in total. The maximum absolute atomic E-state index is 11.4. The SMILES string of the molecule is O=C(CCNC(=O)OCc1ccccc1)NCCOS(=O)(=O)[O-]. The van der Waals surface area contributed by atoms with E-state index in [2.05, 4.69) is 14.8 Å². The lowest BCUT2D eigenvalue weighted by Gasteiger charge is -2.09. The molecule has 0 saturated heterocycles. The number of carbonyl (C=O) groups excluding carboxylic acids is 2. The number of ether oxygens (including phenoxy) is 1. The average Bonchev–Trinajstić information content (AvgIpc) is 2.50. The van der Waals surface area contributed by atoms with Gasteiger partial charge < -0.3 is 19.9 Å². The summed E-state index contributed by atoms with van der Waals surface area (Å²) < 4.78 is 39.3. The summed E-state index contributed by atoms with van der Waals surface area (Å²) in [5.41, 5.74) is 0.841. The topological polar surface area (TPSA) is 134 Å². The van der Waals surface area contributed by atoms with E-state index in [9.17, 15) is 22.6 Å². The number of hydrogen-bond donors (Lipinski definition) is 2. The highest BCUT2D eigenvalue weighted by Gasteiger charge is 2.05. The predicted molar refractivity (Wildman–Crippen MR) is 77.9 cm³/mol. The van der Waals surface area contributed by atoms with Gasteiger partial charge in [-0.2, -0.15) is 0 Å². The zero-order valence-electron chi connectivity index (χ0n) is 12.2. The fraction of sp³-hybridized carbons (Fsp3) is 0.385. The number of alkyl carbamates (subject to hydrolysis) is 1. The number of hydrogen-bond acceptors (Lipinski definition) is 7. The summed E-state index contributed by atoms with van der Waals surface area (Å²) in [4.78, 5) is 22.7. The molecular formula is C13H17N2O7S-. The molecule has 23 heavy (non-hydrogen) atoms. The molecule has 0 spiro atoms. The first-order valence-electron chi connectivity index (χ1n) is 6.68. The average molecular weight is 345 g/mol. The molecule has 0 bridgehead atoms. The molecule has 1 aromatic rings. The van der Waals surface area contributed by atoms with E-state index >= 15 is 0 Å². The van der Waals surface area contributed by atoms with Gasteiger partial charge in [0.2, 0.25) is 16.3 Å². The molecule has 0 radical (unpaired) electrons. The van der Waals surface area contributed by atoms with E-state index in [1.807, 2.05) is 30.3 Å². The molecule has 0 unspecified atom stereocenters. The van der Waals surface area contributed by atoms with Gasteiger partial charge in [0, 0.05) is 19.5 Å². The molecule has 0 aliphatic carbocycles. The third kappa shape index (κ3) is 10.2. The van der Waals surface area contributed by atoms with Crippen molar-refractivity contribution in [2.75, 3.05) is 19.7 Å². The number of carbonyl (C=O) groups is 2. The van der Waals surface area contributed by atoms with Gasteiger partial charge in [0.15, 0.2) is 0 Å². The summed E-state index contributed by atoms with van der Waals surface area (Å²) in [6.45, 7) is -0.386. The van der Waals surface area contributed by atoms with Gasteiger partial charge in [-0.05, 0) is 5.56 Å². The first-order chi connectivity index (χ1) is 10.9. The lowest BCUT2D eigenvalue weighted by atomic mass is 10.2. The van der Waals surface area contributed by atoms with E-state index in [-0.39, 0.29) is 26.1 Å². The first kappa shape index (κ1) is 18.9. The van der Waals surface area contributed by atoms with Crippen molar-refractivity contribution in [1.29, 1.82) is 0 Å². The highest BCUT2D eigenvalue weighted by atomic mass is 32.3. The lowest BCUT2D eigenvalue weighted by molar-refractivity contribution is -0.121. The zero-order chi connectivity index (χ0) is 17.1. The van der Waals surface area contributed by atoms with Gasteiger partial charge in [-0.3, -0.25) is 8.98 Å². The van der Waals surface area contributed by atoms with Crippen molar-refractivity contribution in [3.05, 3.63) is 35.9 Å². The minimum atomic E-state index is -4.75. The van der Waals surface area contributed by atoms with Gasteiger partial charge in [-0.15, -0.1) is 0 Å². The minimum absolute atomic E-state index is 0.0233. The Balaban J connectivity index is 2.06. The van der Waals surface area contributed by atoms with Gasteiger partial charge in [0.25, 0.3) is 0 Å². The number of benzene rings is 1. The van der Waals surface area contributed by atoms with Crippen molar-refractivity contribution in [3.63, 3.8) is 0 Å².